The minimum absolute atomic E-state index is 0.00884. The number of fused-ring (bicyclic) bond motifs is 1. The molecule has 27 heavy (non-hydrogen) atoms. The molecule has 1 fully saturated rings. The van der Waals surface area contributed by atoms with Crippen LogP contribution in [0.4, 0.5) is 0 Å². The van der Waals surface area contributed by atoms with E-state index in [0.29, 0.717) is 12.2 Å². The fourth-order valence-electron chi connectivity index (χ4n) is 3.83. The molecule has 1 aromatic heterocycles. The number of carbonyl (C=O) groups is 1. The highest BCUT2D eigenvalue weighted by atomic mass is 79.9. The first kappa shape index (κ1) is 17.9. The van der Waals surface area contributed by atoms with E-state index in [2.05, 4.69) is 20.9 Å². The van der Waals surface area contributed by atoms with Gasteiger partial charge < -0.3 is 19.4 Å². The standard InChI is InChI=1S/C21H21BrN2O3/c1-26-13-9-10-18(27-2)15(12-13)17-8-5-11-24(17)21(25)20-19(22)14-6-3-4-7-16(14)23-20/h3-4,6-7,9-10,12,17,23H,5,8,11H2,1-2H3. The largest absolute Gasteiger partial charge is 0.497 e. The van der Waals surface area contributed by atoms with E-state index >= 15 is 0 Å². The zero-order chi connectivity index (χ0) is 19.0. The van der Waals surface area contributed by atoms with Crippen molar-refractivity contribution in [1.82, 2.24) is 9.88 Å². The van der Waals surface area contributed by atoms with Crippen LogP contribution in [0.2, 0.25) is 0 Å². The first-order valence-corrected chi connectivity index (χ1v) is 9.72. The van der Waals surface area contributed by atoms with Crippen LogP contribution in [0, 0.1) is 0 Å². The molecule has 1 aliphatic heterocycles. The van der Waals surface area contributed by atoms with Crippen molar-refractivity contribution < 1.29 is 14.3 Å². The molecule has 3 aromatic rings. The minimum atomic E-state index is -0.0409. The number of halogens is 1. The van der Waals surface area contributed by atoms with E-state index < -0.39 is 0 Å². The lowest BCUT2D eigenvalue weighted by Gasteiger charge is -2.26. The lowest BCUT2D eigenvalue weighted by Crippen LogP contribution is -2.31. The van der Waals surface area contributed by atoms with Gasteiger partial charge in [-0.25, -0.2) is 0 Å². The lowest BCUT2D eigenvalue weighted by atomic mass is 10.0. The normalized spacial score (nSPS) is 16.7. The van der Waals surface area contributed by atoms with Crippen LogP contribution in [-0.2, 0) is 0 Å². The van der Waals surface area contributed by atoms with Gasteiger partial charge in [-0.05, 0) is 53.0 Å². The topological polar surface area (TPSA) is 54.6 Å². The maximum Gasteiger partial charge on any atom is 0.271 e. The molecule has 0 aliphatic carbocycles. The monoisotopic (exact) mass is 428 g/mol. The van der Waals surface area contributed by atoms with Gasteiger partial charge in [-0.15, -0.1) is 0 Å². The Morgan fingerprint density at radius 1 is 1.19 bits per heavy atom. The Bertz CT molecular complexity index is 998. The van der Waals surface area contributed by atoms with Crippen molar-refractivity contribution in [2.45, 2.75) is 18.9 Å². The van der Waals surface area contributed by atoms with Gasteiger partial charge in [-0.1, -0.05) is 18.2 Å². The molecule has 1 aliphatic rings. The Morgan fingerprint density at radius 3 is 2.74 bits per heavy atom. The number of likely N-dealkylation sites (tertiary alicyclic amines) is 1. The molecular weight excluding hydrogens is 408 g/mol. The summed E-state index contributed by atoms with van der Waals surface area (Å²) in [6, 6.07) is 13.6. The zero-order valence-electron chi connectivity index (χ0n) is 15.3. The predicted octanol–water partition coefficient (Wildman–Crippen LogP) is 4.92. The van der Waals surface area contributed by atoms with Gasteiger partial charge in [0.25, 0.3) is 5.91 Å². The zero-order valence-corrected chi connectivity index (χ0v) is 16.9. The maximum absolute atomic E-state index is 13.4. The average molecular weight is 429 g/mol. The molecule has 1 amide bonds. The van der Waals surface area contributed by atoms with Crippen LogP contribution >= 0.6 is 15.9 Å². The SMILES string of the molecule is COc1ccc(OC)c(C2CCCN2C(=O)c2[nH]c3ccccc3c2Br)c1. The molecule has 0 radical (unpaired) electrons. The number of aromatic amines is 1. The van der Waals surface area contributed by atoms with Crippen LogP contribution in [0.25, 0.3) is 10.9 Å². The predicted molar refractivity (Wildman–Crippen MR) is 109 cm³/mol. The fourth-order valence-corrected chi connectivity index (χ4v) is 4.45. The van der Waals surface area contributed by atoms with E-state index in [9.17, 15) is 4.79 Å². The molecular formula is C21H21BrN2O3. The Hall–Kier alpha value is -2.47. The van der Waals surface area contributed by atoms with Crippen molar-refractivity contribution in [3.8, 4) is 11.5 Å². The summed E-state index contributed by atoms with van der Waals surface area (Å²) in [4.78, 5) is 18.6. The van der Waals surface area contributed by atoms with Gasteiger partial charge in [0.05, 0.1) is 24.7 Å². The van der Waals surface area contributed by atoms with Gasteiger partial charge in [-0.2, -0.15) is 0 Å². The van der Waals surface area contributed by atoms with E-state index in [1.165, 1.54) is 0 Å². The van der Waals surface area contributed by atoms with E-state index in [1.54, 1.807) is 14.2 Å². The van der Waals surface area contributed by atoms with Crippen molar-refractivity contribution in [2.24, 2.45) is 0 Å². The second kappa shape index (κ2) is 7.27. The molecule has 0 saturated carbocycles. The number of nitrogens with one attached hydrogen (secondary N) is 1. The summed E-state index contributed by atoms with van der Waals surface area (Å²) in [5.74, 6) is 1.53. The summed E-state index contributed by atoms with van der Waals surface area (Å²) in [6.45, 7) is 0.714. The maximum atomic E-state index is 13.4. The van der Waals surface area contributed by atoms with Gasteiger partial charge in [0, 0.05) is 23.0 Å². The number of methoxy groups -OCH3 is 2. The molecule has 6 heteroatoms. The molecule has 0 spiro atoms. The van der Waals surface area contributed by atoms with Crippen LogP contribution in [-0.4, -0.2) is 36.6 Å². The highest BCUT2D eigenvalue weighted by molar-refractivity contribution is 9.10. The molecule has 2 heterocycles. The number of benzene rings is 2. The van der Waals surface area contributed by atoms with Crippen molar-refractivity contribution in [1.29, 1.82) is 0 Å². The molecule has 2 aromatic carbocycles. The fraction of sp³-hybridized carbons (Fsp3) is 0.286. The van der Waals surface area contributed by atoms with Gasteiger partial charge in [-0.3, -0.25) is 4.79 Å². The van der Waals surface area contributed by atoms with Crippen LogP contribution in [0.3, 0.4) is 0 Å². The number of para-hydroxylation sites is 1. The Balaban J connectivity index is 1.73. The molecule has 1 N–H and O–H groups in total. The summed E-state index contributed by atoms with van der Waals surface area (Å²) < 4.78 is 11.7. The Kier molecular flexibility index (Phi) is 4.83. The van der Waals surface area contributed by atoms with Gasteiger partial charge >= 0.3 is 0 Å². The number of carbonyl (C=O) groups excluding carboxylic acids is 1. The number of hydrogen-bond acceptors (Lipinski definition) is 3. The third-order valence-electron chi connectivity index (χ3n) is 5.17. The number of H-pyrrole nitrogens is 1. The molecule has 1 unspecified atom stereocenters. The van der Waals surface area contributed by atoms with Crippen molar-refractivity contribution in [3.05, 3.63) is 58.2 Å². The first-order valence-electron chi connectivity index (χ1n) is 8.93. The summed E-state index contributed by atoms with van der Waals surface area (Å²) in [5, 5.41) is 1.01. The minimum Gasteiger partial charge on any atom is -0.497 e. The summed E-state index contributed by atoms with van der Waals surface area (Å²) >= 11 is 3.60. The highest BCUT2D eigenvalue weighted by Gasteiger charge is 2.34. The van der Waals surface area contributed by atoms with Crippen molar-refractivity contribution >= 4 is 32.7 Å². The quantitative estimate of drug-likeness (QED) is 0.640. The van der Waals surface area contributed by atoms with Gasteiger partial charge in [0.1, 0.15) is 17.2 Å². The number of ether oxygens (including phenoxy) is 2. The molecule has 5 nitrogen and oxygen atoms in total. The summed E-state index contributed by atoms with van der Waals surface area (Å²) in [6.07, 6.45) is 1.85. The number of rotatable bonds is 4. The van der Waals surface area contributed by atoms with E-state index in [0.717, 1.165) is 45.3 Å². The molecule has 1 atom stereocenters. The van der Waals surface area contributed by atoms with E-state index in [-0.39, 0.29) is 11.9 Å². The van der Waals surface area contributed by atoms with Crippen LogP contribution < -0.4 is 9.47 Å². The second-order valence-electron chi connectivity index (χ2n) is 6.62. The van der Waals surface area contributed by atoms with Gasteiger partial charge in [0.15, 0.2) is 0 Å². The molecule has 4 rings (SSSR count). The van der Waals surface area contributed by atoms with Crippen LogP contribution in [0.1, 0.15) is 34.9 Å². The van der Waals surface area contributed by atoms with E-state index in [4.69, 9.17) is 9.47 Å². The smallest absolute Gasteiger partial charge is 0.271 e. The average Bonchev–Trinajstić information content (AvgIpc) is 3.32. The highest BCUT2D eigenvalue weighted by Crippen LogP contribution is 2.40. The Labute approximate surface area is 166 Å². The number of aromatic nitrogens is 1. The van der Waals surface area contributed by atoms with Crippen molar-refractivity contribution in [2.75, 3.05) is 20.8 Å². The van der Waals surface area contributed by atoms with Crippen molar-refractivity contribution in [3.63, 3.8) is 0 Å². The van der Waals surface area contributed by atoms with Crippen LogP contribution in [0.15, 0.2) is 46.9 Å². The molecule has 1 saturated heterocycles. The van der Waals surface area contributed by atoms with Gasteiger partial charge in [0.2, 0.25) is 0 Å². The number of nitrogens with zero attached hydrogens (tertiary/aromatic N) is 1. The lowest BCUT2D eigenvalue weighted by molar-refractivity contribution is 0.0728. The first-order chi connectivity index (χ1) is 13.1. The Morgan fingerprint density at radius 2 is 2.00 bits per heavy atom. The number of amides is 1. The third kappa shape index (κ3) is 3.08. The summed E-state index contributed by atoms with van der Waals surface area (Å²) in [5.41, 5.74) is 2.52. The molecule has 0 bridgehead atoms. The number of hydrogen-bond donors (Lipinski definition) is 1. The van der Waals surface area contributed by atoms with E-state index in [1.807, 2.05) is 47.4 Å². The third-order valence-corrected chi connectivity index (χ3v) is 5.99. The second-order valence-corrected chi connectivity index (χ2v) is 7.42. The van der Waals surface area contributed by atoms with Crippen LogP contribution in [0.5, 0.6) is 11.5 Å². The summed E-state index contributed by atoms with van der Waals surface area (Å²) in [7, 11) is 3.30. The molecule has 140 valence electrons.